The highest BCUT2D eigenvalue weighted by Gasteiger charge is 2.44. The quantitative estimate of drug-likeness (QED) is 0.791. The van der Waals surface area contributed by atoms with Gasteiger partial charge in [0.1, 0.15) is 0 Å². The Labute approximate surface area is 110 Å². The Bertz CT molecular complexity index is 427. The summed E-state index contributed by atoms with van der Waals surface area (Å²) in [7, 11) is 0. The van der Waals surface area contributed by atoms with Crippen molar-refractivity contribution in [1.82, 2.24) is 4.98 Å². The van der Waals surface area contributed by atoms with Gasteiger partial charge in [-0.2, -0.15) is 13.2 Å². The van der Waals surface area contributed by atoms with Gasteiger partial charge in [-0.15, -0.1) is 12.4 Å². The molecule has 1 atom stereocenters. The molecule has 0 fully saturated rings. The molecular weight excluding hydrogens is 324 g/mol. The molecule has 0 radical (unpaired) electrons. The first-order valence-corrected chi connectivity index (χ1v) is 5.31. The van der Waals surface area contributed by atoms with E-state index in [0.717, 1.165) is 0 Å². The van der Waals surface area contributed by atoms with E-state index in [1.54, 1.807) is 6.92 Å². The number of anilines is 1. The second kappa shape index (κ2) is 4.89. The topological polar surface area (TPSA) is 34.1 Å². The maximum Gasteiger partial charge on any atom is 0.427 e. The minimum atomic E-state index is -4.37. The minimum absolute atomic E-state index is 0. The highest BCUT2D eigenvalue weighted by atomic mass is 79.9. The number of hydrogen-bond donors (Lipinski definition) is 1. The highest BCUT2D eigenvalue weighted by molar-refractivity contribution is 9.10. The number of nitrogens with zero attached hydrogens (tertiary/aromatic N) is 1. The van der Waals surface area contributed by atoms with Crippen molar-refractivity contribution >= 4 is 34.0 Å². The van der Waals surface area contributed by atoms with Crippen LogP contribution in [-0.2, 0) is 0 Å². The summed E-state index contributed by atoms with van der Waals surface area (Å²) in [6.45, 7) is 1.39. The molecule has 3 nitrogen and oxygen atoms in total. The predicted octanol–water partition coefficient (Wildman–Crippen LogP) is 3.31. The third-order valence-corrected chi connectivity index (χ3v) is 3.19. The van der Waals surface area contributed by atoms with Crippen LogP contribution in [-0.4, -0.2) is 23.8 Å². The van der Waals surface area contributed by atoms with Gasteiger partial charge in [-0.05, 0) is 22.9 Å². The Balaban J connectivity index is 0.00000144. The average Bonchev–Trinajstić information content (AvgIpc) is 2.22. The normalized spacial score (nSPS) is 18.5. The van der Waals surface area contributed by atoms with Crippen LogP contribution in [0.15, 0.2) is 10.7 Å². The summed E-state index contributed by atoms with van der Waals surface area (Å²) in [5.74, 6) is 0.168. The van der Waals surface area contributed by atoms with Gasteiger partial charge in [0, 0.05) is 0 Å². The van der Waals surface area contributed by atoms with Crippen LogP contribution >= 0.6 is 28.3 Å². The molecule has 2 heterocycles. The summed E-state index contributed by atoms with van der Waals surface area (Å²) in [5.41, 5.74) is 1.06. The Hall–Kier alpha value is -0.690. The number of nitrogens with one attached hydrogen (secondary N) is 1. The first-order chi connectivity index (χ1) is 7.39. The summed E-state index contributed by atoms with van der Waals surface area (Å²) >= 11 is 3.17. The molecule has 0 spiro atoms. The van der Waals surface area contributed by atoms with Crippen molar-refractivity contribution in [2.45, 2.75) is 19.2 Å². The van der Waals surface area contributed by atoms with E-state index in [9.17, 15) is 13.2 Å². The van der Waals surface area contributed by atoms with Gasteiger partial charge in [-0.25, -0.2) is 0 Å². The van der Waals surface area contributed by atoms with Crippen LogP contribution in [0.5, 0.6) is 5.75 Å². The standard InChI is InChI=1S/C9H8BrF3N2O.ClH/c1-4-7(10)8-5(2-14-4)15-3-6(16-8)9(11,12)13;/h2,6,15H,3H2,1H3;1H. The van der Waals surface area contributed by atoms with Gasteiger partial charge in [-0.1, -0.05) is 0 Å². The molecule has 1 aromatic heterocycles. The van der Waals surface area contributed by atoms with Crippen LogP contribution in [0.4, 0.5) is 18.9 Å². The smallest absolute Gasteiger partial charge is 0.427 e. The molecule has 0 saturated carbocycles. The zero-order chi connectivity index (χ0) is 11.9. The Morgan fingerprint density at radius 2 is 2.18 bits per heavy atom. The highest BCUT2D eigenvalue weighted by Crippen LogP contribution is 2.40. The fourth-order valence-electron chi connectivity index (χ4n) is 1.37. The van der Waals surface area contributed by atoms with Gasteiger partial charge in [0.2, 0.25) is 6.10 Å². The third-order valence-electron chi connectivity index (χ3n) is 2.25. The summed E-state index contributed by atoms with van der Waals surface area (Å²) < 4.78 is 42.8. The van der Waals surface area contributed by atoms with Crippen molar-refractivity contribution in [2.24, 2.45) is 0 Å². The van der Waals surface area contributed by atoms with Crippen molar-refractivity contribution in [3.8, 4) is 5.75 Å². The van der Waals surface area contributed by atoms with Crippen molar-refractivity contribution in [2.75, 3.05) is 11.9 Å². The molecule has 0 bridgehead atoms. The molecule has 8 heteroatoms. The maximum atomic E-state index is 12.5. The number of alkyl halides is 3. The fraction of sp³-hybridized carbons (Fsp3) is 0.444. The van der Waals surface area contributed by atoms with Crippen LogP contribution in [0.3, 0.4) is 0 Å². The largest absolute Gasteiger partial charge is 0.476 e. The second-order valence-electron chi connectivity index (χ2n) is 3.43. The van der Waals surface area contributed by atoms with E-state index in [4.69, 9.17) is 4.74 Å². The monoisotopic (exact) mass is 332 g/mol. The van der Waals surface area contributed by atoms with E-state index in [1.165, 1.54) is 6.20 Å². The molecular formula is C9H9BrClF3N2O. The number of fused-ring (bicyclic) bond motifs is 1. The SMILES string of the molecule is Cc1ncc2c(c1Br)OC(C(F)(F)F)CN2.Cl. The molecule has 1 unspecified atom stereocenters. The van der Waals surface area contributed by atoms with Gasteiger partial charge in [-0.3, -0.25) is 4.98 Å². The predicted molar refractivity (Wildman–Crippen MR) is 62.9 cm³/mol. The van der Waals surface area contributed by atoms with E-state index in [1.807, 2.05) is 0 Å². The van der Waals surface area contributed by atoms with Gasteiger partial charge < -0.3 is 10.1 Å². The van der Waals surface area contributed by atoms with Gasteiger partial charge in [0.05, 0.1) is 28.6 Å². The van der Waals surface area contributed by atoms with Gasteiger partial charge in [0.25, 0.3) is 0 Å². The van der Waals surface area contributed by atoms with E-state index < -0.39 is 12.3 Å². The van der Waals surface area contributed by atoms with Crippen molar-refractivity contribution in [1.29, 1.82) is 0 Å². The zero-order valence-corrected chi connectivity index (χ0v) is 11.0. The molecule has 96 valence electrons. The lowest BCUT2D eigenvalue weighted by molar-refractivity contribution is -0.191. The molecule has 2 rings (SSSR count). The average molecular weight is 334 g/mol. The van der Waals surface area contributed by atoms with E-state index >= 15 is 0 Å². The zero-order valence-electron chi connectivity index (χ0n) is 8.64. The fourth-order valence-corrected chi connectivity index (χ4v) is 1.78. The molecule has 1 aliphatic rings. The van der Waals surface area contributed by atoms with E-state index in [0.29, 0.717) is 15.9 Å². The lowest BCUT2D eigenvalue weighted by Crippen LogP contribution is -2.43. The number of halogens is 5. The number of aromatic nitrogens is 1. The number of pyridine rings is 1. The molecule has 0 amide bonds. The van der Waals surface area contributed by atoms with Gasteiger partial charge >= 0.3 is 6.18 Å². The third kappa shape index (κ3) is 2.77. The number of ether oxygens (including phenoxy) is 1. The Morgan fingerprint density at radius 1 is 1.53 bits per heavy atom. The molecule has 0 saturated heterocycles. The summed E-state index contributed by atoms with van der Waals surface area (Å²) in [4.78, 5) is 4.01. The first kappa shape index (κ1) is 14.4. The first-order valence-electron chi connectivity index (χ1n) is 4.52. The number of rotatable bonds is 0. The van der Waals surface area contributed by atoms with Crippen LogP contribution < -0.4 is 10.1 Å². The summed E-state index contributed by atoms with van der Waals surface area (Å²) in [6.07, 6.45) is -4.73. The molecule has 1 N–H and O–H groups in total. The molecule has 17 heavy (non-hydrogen) atoms. The minimum Gasteiger partial charge on any atom is -0.476 e. The van der Waals surface area contributed by atoms with Gasteiger partial charge in [0.15, 0.2) is 5.75 Å². The lowest BCUT2D eigenvalue weighted by Gasteiger charge is -2.29. The molecule has 1 aromatic rings. The molecule has 0 aromatic carbocycles. The van der Waals surface area contributed by atoms with Crippen LogP contribution in [0.2, 0.25) is 0 Å². The van der Waals surface area contributed by atoms with Crippen molar-refractivity contribution in [3.05, 3.63) is 16.4 Å². The number of aryl methyl sites for hydroxylation is 1. The number of hydrogen-bond acceptors (Lipinski definition) is 3. The Kier molecular flexibility index (Phi) is 4.14. The van der Waals surface area contributed by atoms with E-state index in [2.05, 4.69) is 26.2 Å². The lowest BCUT2D eigenvalue weighted by atomic mass is 10.2. The van der Waals surface area contributed by atoms with Crippen LogP contribution in [0.25, 0.3) is 0 Å². The summed E-state index contributed by atoms with van der Waals surface area (Å²) in [6, 6.07) is 0. The van der Waals surface area contributed by atoms with Crippen molar-refractivity contribution in [3.63, 3.8) is 0 Å². The molecule has 0 aliphatic carbocycles. The molecule has 1 aliphatic heterocycles. The van der Waals surface area contributed by atoms with Crippen LogP contribution in [0.1, 0.15) is 5.69 Å². The maximum absolute atomic E-state index is 12.5. The van der Waals surface area contributed by atoms with Crippen LogP contribution in [0, 0.1) is 6.92 Å². The second-order valence-corrected chi connectivity index (χ2v) is 4.22. The Morgan fingerprint density at radius 3 is 2.76 bits per heavy atom. The van der Waals surface area contributed by atoms with E-state index in [-0.39, 0.29) is 24.7 Å². The summed E-state index contributed by atoms with van der Waals surface area (Å²) in [5, 5.41) is 2.65. The van der Waals surface area contributed by atoms with Crippen molar-refractivity contribution < 1.29 is 17.9 Å².